The van der Waals surface area contributed by atoms with Gasteiger partial charge in [0, 0.05) is 11.2 Å². The van der Waals surface area contributed by atoms with Crippen molar-refractivity contribution in [3.8, 4) is 0 Å². The van der Waals surface area contributed by atoms with Gasteiger partial charge in [0.25, 0.3) is 0 Å². The van der Waals surface area contributed by atoms with E-state index in [0.717, 1.165) is 23.5 Å². The molecule has 0 nitrogen and oxygen atoms in total. The lowest BCUT2D eigenvalue weighted by Gasteiger charge is -2.04. The molecule has 0 aromatic heterocycles. The van der Waals surface area contributed by atoms with Gasteiger partial charge in [0.15, 0.2) is 0 Å². The predicted molar refractivity (Wildman–Crippen MR) is 42.9 cm³/mol. The molecule has 0 aromatic carbocycles. The van der Waals surface area contributed by atoms with Crippen LogP contribution >= 0.6 is 27.5 Å². The van der Waals surface area contributed by atoms with Crippen molar-refractivity contribution in [2.24, 2.45) is 5.92 Å². The Bertz CT molecular complexity index is 41.8. The van der Waals surface area contributed by atoms with E-state index in [0.29, 0.717) is 0 Å². The highest BCUT2D eigenvalue weighted by atomic mass is 79.9. The molecule has 2 heteroatoms. The Morgan fingerprint density at radius 1 is 1.50 bits per heavy atom. The van der Waals surface area contributed by atoms with Crippen molar-refractivity contribution in [2.75, 3.05) is 11.2 Å². The third kappa shape index (κ3) is 4.92. The Balaban J connectivity index is 2.92. The smallest absolute Gasteiger partial charge is 0.0225 e. The van der Waals surface area contributed by atoms with Crippen LogP contribution in [0, 0.1) is 5.92 Å². The van der Waals surface area contributed by atoms with E-state index in [4.69, 9.17) is 11.6 Å². The average molecular weight is 200 g/mol. The third-order valence-electron chi connectivity index (χ3n) is 1.20. The average Bonchev–Trinajstić information content (AvgIpc) is 1.68. The van der Waals surface area contributed by atoms with Gasteiger partial charge in [-0.25, -0.2) is 0 Å². The van der Waals surface area contributed by atoms with Crippen LogP contribution < -0.4 is 0 Å². The summed E-state index contributed by atoms with van der Waals surface area (Å²) in [5.74, 6) is 1.58. The van der Waals surface area contributed by atoms with Crippen molar-refractivity contribution in [1.29, 1.82) is 0 Å². The zero-order valence-corrected chi connectivity index (χ0v) is 7.50. The minimum atomic E-state index is 0.784. The van der Waals surface area contributed by atoms with Crippen LogP contribution in [0.15, 0.2) is 0 Å². The first-order valence-electron chi connectivity index (χ1n) is 2.93. The maximum atomic E-state index is 5.52. The molecule has 1 unspecified atom stereocenters. The first-order valence-corrected chi connectivity index (χ1v) is 4.58. The van der Waals surface area contributed by atoms with Gasteiger partial charge in [-0.15, -0.1) is 11.6 Å². The monoisotopic (exact) mass is 198 g/mol. The van der Waals surface area contributed by atoms with Crippen molar-refractivity contribution in [3.05, 3.63) is 0 Å². The highest BCUT2D eigenvalue weighted by Gasteiger charge is 1.97. The van der Waals surface area contributed by atoms with Gasteiger partial charge in [-0.3, -0.25) is 0 Å². The van der Waals surface area contributed by atoms with Gasteiger partial charge < -0.3 is 0 Å². The molecule has 0 heterocycles. The van der Waals surface area contributed by atoms with Crippen LogP contribution in [-0.4, -0.2) is 11.2 Å². The highest BCUT2D eigenvalue weighted by Crippen LogP contribution is 2.09. The summed E-state index contributed by atoms with van der Waals surface area (Å²) in [6.07, 6.45) is 2.39. The molecule has 0 amide bonds. The van der Waals surface area contributed by atoms with Gasteiger partial charge in [-0.2, -0.15) is 0 Å². The zero-order chi connectivity index (χ0) is 6.41. The van der Waals surface area contributed by atoms with E-state index in [1.165, 1.54) is 6.42 Å². The standard InChI is InChI=1S/C6H12BrCl/c1-6(2-4-7)3-5-8/h6H,2-5H2,1H3. The molecule has 0 spiro atoms. The molecule has 1 atom stereocenters. The molecular weight excluding hydrogens is 187 g/mol. The molecular formula is C6H12BrCl. The van der Waals surface area contributed by atoms with Gasteiger partial charge in [0.1, 0.15) is 0 Å². The van der Waals surface area contributed by atoms with Gasteiger partial charge in [0.2, 0.25) is 0 Å². The van der Waals surface area contributed by atoms with Crippen LogP contribution in [-0.2, 0) is 0 Å². The molecule has 0 aliphatic carbocycles. The minimum Gasteiger partial charge on any atom is -0.127 e. The summed E-state index contributed by atoms with van der Waals surface area (Å²) < 4.78 is 0. The molecule has 8 heavy (non-hydrogen) atoms. The molecule has 0 aromatic rings. The largest absolute Gasteiger partial charge is 0.127 e. The summed E-state index contributed by atoms with van der Waals surface area (Å²) >= 11 is 8.89. The van der Waals surface area contributed by atoms with Crippen LogP contribution in [0.5, 0.6) is 0 Å². The Hall–Kier alpha value is 0.770. The highest BCUT2D eigenvalue weighted by molar-refractivity contribution is 9.09. The molecule has 0 fully saturated rings. The van der Waals surface area contributed by atoms with Gasteiger partial charge >= 0.3 is 0 Å². The molecule has 0 N–H and O–H groups in total. The summed E-state index contributed by atoms with van der Waals surface area (Å²) in [7, 11) is 0. The quantitative estimate of drug-likeness (QED) is 0.611. The number of halogens is 2. The summed E-state index contributed by atoms with van der Waals surface area (Å²) in [4.78, 5) is 0. The topological polar surface area (TPSA) is 0 Å². The number of alkyl halides is 2. The first-order chi connectivity index (χ1) is 3.81. The molecule has 0 bridgehead atoms. The lowest BCUT2D eigenvalue weighted by Crippen LogP contribution is -1.95. The van der Waals surface area contributed by atoms with E-state index >= 15 is 0 Å². The summed E-state index contributed by atoms with van der Waals surface area (Å²) in [5, 5.41) is 1.10. The maximum Gasteiger partial charge on any atom is 0.0225 e. The third-order valence-corrected chi connectivity index (χ3v) is 1.88. The number of rotatable bonds is 4. The van der Waals surface area contributed by atoms with Gasteiger partial charge in [-0.05, 0) is 18.8 Å². The number of hydrogen-bond donors (Lipinski definition) is 0. The van der Waals surface area contributed by atoms with Crippen LogP contribution in [0.1, 0.15) is 19.8 Å². The zero-order valence-electron chi connectivity index (χ0n) is 5.16. The Labute approximate surface area is 64.7 Å². The molecule has 0 radical (unpaired) electrons. The molecule has 0 aliphatic heterocycles. The van der Waals surface area contributed by atoms with Crippen LogP contribution in [0.4, 0.5) is 0 Å². The molecule has 50 valence electrons. The van der Waals surface area contributed by atoms with E-state index in [1.807, 2.05) is 0 Å². The first kappa shape index (κ1) is 8.77. The fourth-order valence-corrected chi connectivity index (χ4v) is 1.67. The second-order valence-electron chi connectivity index (χ2n) is 2.06. The van der Waals surface area contributed by atoms with Crippen molar-refractivity contribution >= 4 is 27.5 Å². The van der Waals surface area contributed by atoms with Gasteiger partial charge in [-0.1, -0.05) is 22.9 Å². The molecule has 0 saturated carbocycles. The van der Waals surface area contributed by atoms with Crippen molar-refractivity contribution < 1.29 is 0 Å². The van der Waals surface area contributed by atoms with E-state index in [9.17, 15) is 0 Å². The van der Waals surface area contributed by atoms with E-state index < -0.39 is 0 Å². The lowest BCUT2D eigenvalue weighted by atomic mass is 10.1. The summed E-state index contributed by atoms with van der Waals surface area (Å²) in [6.45, 7) is 2.23. The number of hydrogen-bond acceptors (Lipinski definition) is 0. The Morgan fingerprint density at radius 3 is 2.50 bits per heavy atom. The summed E-state index contributed by atoms with van der Waals surface area (Å²) in [5.41, 5.74) is 0. The molecule has 0 aliphatic rings. The van der Waals surface area contributed by atoms with Crippen LogP contribution in [0.3, 0.4) is 0 Å². The van der Waals surface area contributed by atoms with Crippen LogP contribution in [0.2, 0.25) is 0 Å². The maximum absolute atomic E-state index is 5.52. The second-order valence-corrected chi connectivity index (χ2v) is 3.23. The lowest BCUT2D eigenvalue weighted by molar-refractivity contribution is 0.553. The fourth-order valence-electron chi connectivity index (χ4n) is 0.517. The van der Waals surface area contributed by atoms with Crippen LogP contribution in [0.25, 0.3) is 0 Å². The SMILES string of the molecule is CC(CCCl)CCBr. The Kier molecular flexibility index (Phi) is 6.47. The van der Waals surface area contributed by atoms with E-state index in [1.54, 1.807) is 0 Å². The second kappa shape index (κ2) is 5.90. The van der Waals surface area contributed by atoms with Crippen molar-refractivity contribution in [3.63, 3.8) is 0 Å². The minimum absolute atomic E-state index is 0.784. The van der Waals surface area contributed by atoms with E-state index in [-0.39, 0.29) is 0 Å². The molecule has 0 rings (SSSR count). The van der Waals surface area contributed by atoms with E-state index in [2.05, 4.69) is 22.9 Å². The Morgan fingerprint density at radius 2 is 2.12 bits per heavy atom. The fraction of sp³-hybridized carbons (Fsp3) is 1.00. The summed E-state index contributed by atoms with van der Waals surface area (Å²) in [6, 6.07) is 0. The normalized spacial score (nSPS) is 13.9. The molecule has 0 saturated heterocycles. The van der Waals surface area contributed by atoms with Gasteiger partial charge in [0.05, 0.1) is 0 Å². The van der Waals surface area contributed by atoms with Crippen molar-refractivity contribution in [2.45, 2.75) is 19.8 Å². The van der Waals surface area contributed by atoms with Crippen molar-refractivity contribution in [1.82, 2.24) is 0 Å². The predicted octanol–water partition coefficient (Wildman–Crippen LogP) is 3.04.